The van der Waals surface area contributed by atoms with Crippen LogP contribution in [0.3, 0.4) is 0 Å². The topological polar surface area (TPSA) is 111 Å². The maximum Gasteiger partial charge on any atom is 0.274 e. The predicted octanol–water partition coefficient (Wildman–Crippen LogP) is 2.81. The molecule has 3 aromatic heterocycles. The molecule has 1 saturated heterocycles. The zero-order valence-electron chi connectivity index (χ0n) is 17.7. The minimum absolute atomic E-state index is 0.0232. The molecular weight excluding hydrogens is 414 g/mol. The summed E-state index contributed by atoms with van der Waals surface area (Å²) in [5.41, 5.74) is 8.65. The van der Waals surface area contributed by atoms with E-state index in [0.29, 0.717) is 35.0 Å². The lowest BCUT2D eigenvalue weighted by atomic mass is 10.00. The highest BCUT2D eigenvalue weighted by Gasteiger charge is 2.38. The van der Waals surface area contributed by atoms with Crippen LogP contribution in [0.4, 0.5) is 0 Å². The second kappa shape index (κ2) is 8.32. The predicted molar refractivity (Wildman–Crippen MR) is 117 cm³/mol. The van der Waals surface area contributed by atoms with Gasteiger partial charge in [0.1, 0.15) is 27.8 Å². The van der Waals surface area contributed by atoms with Gasteiger partial charge in [-0.15, -0.1) is 11.3 Å². The number of thiazole rings is 1. The molecular formula is C22H25N5O3S. The van der Waals surface area contributed by atoms with Crippen LogP contribution in [0, 0.1) is 12.8 Å². The van der Waals surface area contributed by atoms with Crippen LogP contribution < -0.4 is 5.73 Å². The van der Waals surface area contributed by atoms with Crippen molar-refractivity contribution in [1.82, 2.24) is 19.3 Å². The number of carbonyl (C=O) groups is 3. The monoisotopic (exact) mass is 439 g/mol. The Labute approximate surface area is 184 Å². The van der Waals surface area contributed by atoms with E-state index in [2.05, 4.69) is 9.97 Å². The Morgan fingerprint density at radius 3 is 2.74 bits per heavy atom. The highest BCUT2D eigenvalue weighted by atomic mass is 32.1. The molecule has 3 atom stereocenters. The molecule has 0 bridgehead atoms. The first-order valence-corrected chi connectivity index (χ1v) is 11.1. The molecule has 8 nitrogen and oxygen atoms in total. The zero-order valence-corrected chi connectivity index (χ0v) is 18.6. The van der Waals surface area contributed by atoms with E-state index in [1.165, 1.54) is 18.3 Å². The highest BCUT2D eigenvalue weighted by Crippen LogP contribution is 2.34. The second-order valence-electron chi connectivity index (χ2n) is 8.28. The number of likely N-dealkylation sites (tertiary alicyclic amines) is 1. The average Bonchev–Trinajstić information content (AvgIpc) is 3.44. The molecule has 162 valence electrons. The molecule has 0 radical (unpaired) electrons. The van der Waals surface area contributed by atoms with Crippen molar-refractivity contribution in [3.63, 3.8) is 0 Å². The number of amides is 1. The van der Waals surface area contributed by atoms with Crippen molar-refractivity contribution in [2.75, 3.05) is 6.54 Å². The van der Waals surface area contributed by atoms with Gasteiger partial charge in [0.2, 0.25) is 0 Å². The Balaban J connectivity index is 1.56. The van der Waals surface area contributed by atoms with Crippen molar-refractivity contribution in [2.45, 2.75) is 45.7 Å². The summed E-state index contributed by atoms with van der Waals surface area (Å²) in [5, 5.41) is 2.38. The second-order valence-corrected chi connectivity index (χ2v) is 9.17. The molecule has 0 aromatic carbocycles. The number of Topliss-reactive ketones (excluding diaryl/α,β-unsaturated/α-hetero) is 2. The van der Waals surface area contributed by atoms with Gasteiger partial charge in [-0.25, -0.2) is 9.97 Å². The number of fused-ring (bicyclic) bond motifs is 1. The quantitative estimate of drug-likeness (QED) is 0.591. The average molecular weight is 440 g/mol. The van der Waals surface area contributed by atoms with E-state index in [4.69, 9.17) is 5.73 Å². The summed E-state index contributed by atoms with van der Waals surface area (Å²) in [5.74, 6) is -0.729. The summed E-state index contributed by atoms with van der Waals surface area (Å²) in [7, 11) is 0. The number of ketones is 2. The number of hydrogen-bond donors (Lipinski definition) is 1. The van der Waals surface area contributed by atoms with Crippen LogP contribution in [0.2, 0.25) is 0 Å². The normalized spacial score (nSPS) is 19.7. The van der Waals surface area contributed by atoms with Gasteiger partial charge in [0.15, 0.2) is 5.78 Å². The van der Waals surface area contributed by atoms with Gasteiger partial charge in [-0.3, -0.25) is 14.4 Å². The van der Waals surface area contributed by atoms with E-state index in [9.17, 15) is 14.4 Å². The number of nitrogens with two attached hydrogens (primary N) is 1. The molecule has 9 heteroatoms. The lowest BCUT2D eigenvalue weighted by Gasteiger charge is -2.21. The van der Waals surface area contributed by atoms with Crippen molar-refractivity contribution in [1.29, 1.82) is 0 Å². The van der Waals surface area contributed by atoms with Crippen LogP contribution in [0.25, 0.3) is 5.65 Å². The van der Waals surface area contributed by atoms with E-state index >= 15 is 0 Å². The van der Waals surface area contributed by atoms with Gasteiger partial charge in [0, 0.05) is 42.7 Å². The van der Waals surface area contributed by atoms with Crippen LogP contribution in [-0.4, -0.2) is 49.3 Å². The van der Waals surface area contributed by atoms with Crippen molar-refractivity contribution < 1.29 is 14.4 Å². The van der Waals surface area contributed by atoms with E-state index in [0.717, 1.165) is 5.56 Å². The minimum Gasteiger partial charge on any atom is -0.326 e. The number of pyridine rings is 1. The van der Waals surface area contributed by atoms with Crippen molar-refractivity contribution >= 4 is 34.5 Å². The van der Waals surface area contributed by atoms with E-state index < -0.39 is 0 Å². The van der Waals surface area contributed by atoms with Gasteiger partial charge >= 0.3 is 0 Å². The summed E-state index contributed by atoms with van der Waals surface area (Å²) in [6, 6.07) is 3.35. The van der Waals surface area contributed by atoms with Crippen LogP contribution in [0.1, 0.15) is 64.3 Å². The molecule has 1 aliphatic heterocycles. The maximum absolute atomic E-state index is 13.3. The summed E-state index contributed by atoms with van der Waals surface area (Å²) < 4.78 is 1.84. The maximum atomic E-state index is 13.3. The molecule has 1 unspecified atom stereocenters. The minimum atomic E-state index is -0.339. The van der Waals surface area contributed by atoms with E-state index in [-0.39, 0.29) is 41.9 Å². The number of carbonyl (C=O) groups excluding carboxylic acids is 3. The molecule has 3 aromatic rings. The van der Waals surface area contributed by atoms with Gasteiger partial charge in [0.05, 0.1) is 6.04 Å². The number of aromatic nitrogens is 3. The third kappa shape index (κ3) is 4.28. The SMILES string of the molecule is CC(=O)C(C)CC(=O)c1csc([C@@H]2C[C@@H](N)CN2C(=O)c2cn3cc(C)ccc3n2)n1. The lowest BCUT2D eigenvalue weighted by molar-refractivity contribution is -0.120. The van der Waals surface area contributed by atoms with Gasteiger partial charge in [-0.1, -0.05) is 13.0 Å². The van der Waals surface area contributed by atoms with Gasteiger partial charge in [-0.2, -0.15) is 0 Å². The van der Waals surface area contributed by atoms with Crippen LogP contribution in [0.15, 0.2) is 29.9 Å². The molecule has 1 fully saturated rings. The van der Waals surface area contributed by atoms with Crippen molar-refractivity contribution in [3.8, 4) is 0 Å². The molecule has 1 aliphatic rings. The van der Waals surface area contributed by atoms with E-state index in [1.54, 1.807) is 23.4 Å². The Hall–Kier alpha value is -2.91. The fourth-order valence-electron chi connectivity index (χ4n) is 3.78. The first-order chi connectivity index (χ1) is 14.7. The molecule has 0 saturated carbocycles. The van der Waals surface area contributed by atoms with Crippen molar-refractivity contribution in [2.24, 2.45) is 11.7 Å². The summed E-state index contributed by atoms with van der Waals surface area (Å²) >= 11 is 1.34. The summed E-state index contributed by atoms with van der Waals surface area (Å²) in [6.07, 6.45) is 4.35. The Morgan fingerprint density at radius 2 is 2.00 bits per heavy atom. The molecule has 4 rings (SSSR count). The Morgan fingerprint density at radius 1 is 1.23 bits per heavy atom. The third-order valence-corrected chi connectivity index (χ3v) is 6.64. The Kier molecular flexibility index (Phi) is 5.72. The summed E-state index contributed by atoms with van der Waals surface area (Å²) in [4.78, 5) is 47.9. The highest BCUT2D eigenvalue weighted by molar-refractivity contribution is 7.09. The van der Waals surface area contributed by atoms with E-state index in [1.807, 2.05) is 29.7 Å². The number of nitrogens with zero attached hydrogens (tertiary/aromatic N) is 4. The molecule has 0 spiro atoms. The molecule has 0 aliphatic carbocycles. The number of hydrogen-bond acceptors (Lipinski definition) is 7. The lowest BCUT2D eigenvalue weighted by Crippen LogP contribution is -2.33. The zero-order chi connectivity index (χ0) is 22.3. The fourth-order valence-corrected chi connectivity index (χ4v) is 4.72. The molecule has 31 heavy (non-hydrogen) atoms. The number of aryl methyl sites for hydroxylation is 1. The smallest absolute Gasteiger partial charge is 0.274 e. The Bertz CT molecular complexity index is 1170. The van der Waals surface area contributed by atoms with Gasteiger partial charge < -0.3 is 15.0 Å². The largest absolute Gasteiger partial charge is 0.326 e. The third-order valence-electron chi connectivity index (χ3n) is 5.69. The first-order valence-electron chi connectivity index (χ1n) is 10.2. The standard InChI is InChI=1S/C22H25N5O3S/c1-12-4-5-20-24-16(10-26(20)8-12)22(30)27-9-15(23)7-18(27)21-25-17(11-31-21)19(29)6-13(2)14(3)28/h4-5,8,10-11,13,15,18H,6-7,9,23H2,1-3H3/t13?,15-,18+/m1/s1. The molecule has 1 amide bonds. The number of imidazole rings is 1. The van der Waals surface area contributed by atoms with Crippen LogP contribution in [0.5, 0.6) is 0 Å². The molecule has 2 N–H and O–H groups in total. The first kappa shape index (κ1) is 21.3. The van der Waals surface area contributed by atoms with Crippen LogP contribution in [-0.2, 0) is 4.79 Å². The van der Waals surface area contributed by atoms with Gasteiger partial charge in [-0.05, 0) is 31.9 Å². The van der Waals surface area contributed by atoms with Crippen LogP contribution >= 0.6 is 11.3 Å². The summed E-state index contributed by atoms with van der Waals surface area (Å²) in [6.45, 7) is 5.60. The fraction of sp³-hybridized carbons (Fsp3) is 0.409. The van der Waals surface area contributed by atoms with Gasteiger partial charge in [0.25, 0.3) is 5.91 Å². The number of rotatable bonds is 6. The van der Waals surface area contributed by atoms with Crippen molar-refractivity contribution in [3.05, 3.63) is 51.9 Å². The molecule has 4 heterocycles.